The van der Waals surface area contributed by atoms with E-state index in [0.717, 1.165) is 17.5 Å². The van der Waals surface area contributed by atoms with Gasteiger partial charge in [-0.05, 0) is 42.6 Å². The maximum absolute atomic E-state index is 14.5. The van der Waals surface area contributed by atoms with Gasteiger partial charge in [0.1, 0.15) is 11.6 Å². The second kappa shape index (κ2) is 6.81. The van der Waals surface area contributed by atoms with Crippen LogP contribution in [0.2, 0.25) is 0 Å². The topological polar surface area (TPSA) is 12.0 Å². The molecule has 1 N–H and O–H groups in total. The first-order valence-electron chi connectivity index (χ1n) is 7.35. The second-order valence-corrected chi connectivity index (χ2v) is 5.13. The minimum Gasteiger partial charge on any atom is -0.306 e. The van der Waals surface area contributed by atoms with Gasteiger partial charge in [0, 0.05) is 5.56 Å². The van der Waals surface area contributed by atoms with Crippen molar-refractivity contribution < 1.29 is 8.78 Å². The summed E-state index contributed by atoms with van der Waals surface area (Å²) in [6.45, 7) is 6.28. The molecular formula is C18H21F2N. The van der Waals surface area contributed by atoms with Gasteiger partial charge in [-0.3, -0.25) is 0 Å². The molecule has 0 amide bonds. The van der Waals surface area contributed by atoms with Crippen LogP contribution >= 0.6 is 0 Å². The van der Waals surface area contributed by atoms with Gasteiger partial charge >= 0.3 is 0 Å². The fourth-order valence-corrected chi connectivity index (χ4v) is 2.65. The van der Waals surface area contributed by atoms with Crippen molar-refractivity contribution in [2.45, 2.75) is 33.2 Å². The lowest BCUT2D eigenvalue weighted by Crippen LogP contribution is -2.25. The predicted octanol–water partition coefficient (Wildman–Crippen LogP) is 4.53. The molecular weight excluding hydrogens is 268 g/mol. The number of hydrogen-bond acceptors (Lipinski definition) is 1. The number of nitrogens with one attached hydrogen (secondary N) is 1. The van der Waals surface area contributed by atoms with Gasteiger partial charge in [0.15, 0.2) is 0 Å². The number of benzene rings is 2. The Morgan fingerprint density at radius 3 is 2.43 bits per heavy atom. The molecule has 1 atom stereocenters. The van der Waals surface area contributed by atoms with E-state index in [9.17, 15) is 8.78 Å². The molecule has 1 unspecified atom stereocenters. The zero-order chi connectivity index (χ0) is 15.4. The lowest BCUT2D eigenvalue weighted by molar-refractivity contribution is 0.505. The van der Waals surface area contributed by atoms with Crippen molar-refractivity contribution in [3.63, 3.8) is 0 Å². The number of aryl methyl sites for hydroxylation is 2. The van der Waals surface area contributed by atoms with Crippen LogP contribution < -0.4 is 5.32 Å². The smallest absolute Gasteiger partial charge is 0.134 e. The Labute approximate surface area is 125 Å². The molecule has 21 heavy (non-hydrogen) atoms. The molecule has 2 rings (SSSR count). The van der Waals surface area contributed by atoms with E-state index in [1.807, 2.05) is 38.1 Å². The van der Waals surface area contributed by atoms with Crippen LogP contribution in [-0.2, 0) is 6.42 Å². The number of hydrogen-bond donors (Lipinski definition) is 1. The van der Waals surface area contributed by atoms with Crippen molar-refractivity contribution in [1.29, 1.82) is 0 Å². The van der Waals surface area contributed by atoms with Gasteiger partial charge in [0.2, 0.25) is 0 Å². The Kier molecular flexibility index (Phi) is 5.07. The average Bonchev–Trinajstić information content (AvgIpc) is 2.50. The number of rotatable bonds is 5. The SMILES string of the molecule is CCNC(c1ccccc1CC)c1c(F)ccc(C)c1F. The average molecular weight is 289 g/mol. The van der Waals surface area contributed by atoms with Crippen molar-refractivity contribution in [2.24, 2.45) is 0 Å². The third-order valence-electron chi connectivity index (χ3n) is 3.76. The largest absolute Gasteiger partial charge is 0.306 e. The molecule has 1 nitrogen and oxygen atoms in total. The van der Waals surface area contributed by atoms with Crippen LogP contribution in [0.1, 0.15) is 42.1 Å². The Balaban J connectivity index is 2.62. The molecule has 2 aromatic carbocycles. The first-order valence-corrected chi connectivity index (χ1v) is 7.35. The van der Waals surface area contributed by atoms with Gasteiger partial charge in [-0.25, -0.2) is 8.78 Å². The highest BCUT2D eigenvalue weighted by molar-refractivity contribution is 5.40. The molecule has 0 aromatic heterocycles. The van der Waals surface area contributed by atoms with Crippen molar-refractivity contribution in [3.05, 3.63) is 70.3 Å². The second-order valence-electron chi connectivity index (χ2n) is 5.13. The van der Waals surface area contributed by atoms with Gasteiger partial charge in [0.25, 0.3) is 0 Å². The van der Waals surface area contributed by atoms with Gasteiger partial charge < -0.3 is 5.32 Å². The predicted molar refractivity (Wildman–Crippen MR) is 82.4 cm³/mol. The van der Waals surface area contributed by atoms with E-state index < -0.39 is 17.7 Å². The maximum Gasteiger partial charge on any atom is 0.134 e. The van der Waals surface area contributed by atoms with E-state index in [1.54, 1.807) is 6.92 Å². The van der Waals surface area contributed by atoms with Gasteiger partial charge in [-0.15, -0.1) is 0 Å². The van der Waals surface area contributed by atoms with Crippen LogP contribution in [0.3, 0.4) is 0 Å². The summed E-state index contributed by atoms with van der Waals surface area (Å²) in [7, 11) is 0. The zero-order valence-corrected chi connectivity index (χ0v) is 12.7. The first kappa shape index (κ1) is 15.6. The highest BCUT2D eigenvalue weighted by Crippen LogP contribution is 2.30. The fraction of sp³-hybridized carbons (Fsp3) is 0.333. The van der Waals surface area contributed by atoms with Crippen molar-refractivity contribution in [3.8, 4) is 0 Å². The molecule has 0 saturated carbocycles. The van der Waals surface area contributed by atoms with E-state index in [0.29, 0.717) is 12.1 Å². The molecule has 3 heteroatoms. The third kappa shape index (κ3) is 3.13. The van der Waals surface area contributed by atoms with Crippen LogP contribution in [0.4, 0.5) is 8.78 Å². The lowest BCUT2D eigenvalue weighted by atomic mass is 9.91. The van der Waals surface area contributed by atoms with Crippen LogP contribution in [0, 0.1) is 18.6 Å². The van der Waals surface area contributed by atoms with Crippen molar-refractivity contribution in [2.75, 3.05) is 6.54 Å². The van der Waals surface area contributed by atoms with Gasteiger partial charge in [-0.1, -0.05) is 44.2 Å². The Morgan fingerprint density at radius 2 is 1.76 bits per heavy atom. The van der Waals surface area contributed by atoms with Gasteiger partial charge in [0.05, 0.1) is 6.04 Å². The van der Waals surface area contributed by atoms with Crippen LogP contribution in [0.15, 0.2) is 36.4 Å². The summed E-state index contributed by atoms with van der Waals surface area (Å²) >= 11 is 0. The summed E-state index contributed by atoms with van der Waals surface area (Å²) in [6.07, 6.45) is 0.827. The third-order valence-corrected chi connectivity index (χ3v) is 3.76. The van der Waals surface area contributed by atoms with E-state index in [1.165, 1.54) is 12.1 Å². The fourth-order valence-electron chi connectivity index (χ4n) is 2.65. The molecule has 0 aliphatic heterocycles. The number of halogens is 2. The first-order chi connectivity index (χ1) is 10.1. The molecule has 2 aromatic rings. The Bertz CT molecular complexity index is 623. The summed E-state index contributed by atoms with van der Waals surface area (Å²) in [5, 5.41) is 3.22. The molecule has 0 heterocycles. The summed E-state index contributed by atoms with van der Waals surface area (Å²) < 4.78 is 28.7. The molecule has 0 fully saturated rings. The van der Waals surface area contributed by atoms with Crippen LogP contribution in [-0.4, -0.2) is 6.54 Å². The molecule has 0 aliphatic rings. The Morgan fingerprint density at radius 1 is 1.05 bits per heavy atom. The normalized spacial score (nSPS) is 12.4. The molecule has 0 radical (unpaired) electrons. The van der Waals surface area contributed by atoms with Gasteiger partial charge in [-0.2, -0.15) is 0 Å². The molecule has 112 valence electrons. The molecule has 0 saturated heterocycles. The summed E-state index contributed by atoms with van der Waals surface area (Å²) in [4.78, 5) is 0. The highest BCUT2D eigenvalue weighted by Gasteiger charge is 2.23. The molecule has 0 aliphatic carbocycles. The minimum absolute atomic E-state index is 0.109. The van der Waals surface area contributed by atoms with Crippen LogP contribution in [0.5, 0.6) is 0 Å². The standard InChI is InChI=1S/C18H21F2N/c1-4-13-8-6-7-9-14(13)18(21-5-2)16-15(19)11-10-12(3)17(16)20/h6-11,18,21H,4-5H2,1-3H3. The summed E-state index contributed by atoms with van der Waals surface area (Å²) in [6, 6.07) is 10.2. The molecule has 0 bridgehead atoms. The Hall–Kier alpha value is -1.74. The quantitative estimate of drug-likeness (QED) is 0.852. The summed E-state index contributed by atoms with van der Waals surface area (Å²) in [5.41, 5.74) is 2.61. The maximum atomic E-state index is 14.5. The van der Waals surface area contributed by atoms with Crippen LogP contribution in [0.25, 0.3) is 0 Å². The van der Waals surface area contributed by atoms with E-state index >= 15 is 0 Å². The summed E-state index contributed by atoms with van der Waals surface area (Å²) in [5.74, 6) is -0.971. The molecule has 0 spiro atoms. The van der Waals surface area contributed by atoms with E-state index in [2.05, 4.69) is 5.32 Å². The highest BCUT2D eigenvalue weighted by atomic mass is 19.1. The minimum atomic E-state index is -0.505. The monoisotopic (exact) mass is 289 g/mol. The van der Waals surface area contributed by atoms with E-state index in [4.69, 9.17) is 0 Å². The van der Waals surface area contributed by atoms with Crippen molar-refractivity contribution in [1.82, 2.24) is 5.32 Å². The lowest BCUT2D eigenvalue weighted by Gasteiger charge is -2.23. The zero-order valence-electron chi connectivity index (χ0n) is 12.7. The van der Waals surface area contributed by atoms with Crippen molar-refractivity contribution >= 4 is 0 Å². The van der Waals surface area contributed by atoms with E-state index in [-0.39, 0.29) is 5.56 Å².